The van der Waals surface area contributed by atoms with E-state index in [-0.39, 0.29) is 12.6 Å². The molecule has 0 amide bonds. The summed E-state index contributed by atoms with van der Waals surface area (Å²) >= 11 is 0. The van der Waals surface area contributed by atoms with Crippen LogP contribution in [0.1, 0.15) is 31.2 Å². The average Bonchev–Trinajstić information content (AvgIpc) is 2.67. The van der Waals surface area contributed by atoms with Gasteiger partial charge < -0.3 is 14.7 Å². The molecule has 0 aliphatic carbocycles. The molecule has 3 fully saturated rings. The molecule has 1 aromatic heterocycles. The fourth-order valence-electron chi connectivity index (χ4n) is 5.31. The van der Waals surface area contributed by atoms with Crippen LogP contribution >= 0.6 is 0 Å². The number of nitrogens with zero attached hydrogens (tertiary/aromatic N) is 4. The number of ether oxygens (including phenoxy) is 1. The minimum atomic E-state index is 0.229. The molecular weight excluding hydrogens is 316 g/mol. The number of aromatic nitrogens is 1. The van der Waals surface area contributed by atoms with Crippen molar-refractivity contribution >= 4 is 5.69 Å². The molecule has 1 N–H and O–H groups in total. The highest BCUT2D eigenvalue weighted by molar-refractivity contribution is 5.63. The van der Waals surface area contributed by atoms with E-state index in [4.69, 9.17) is 4.74 Å². The van der Waals surface area contributed by atoms with E-state index in [9.17, 15) is 10.4 Å². The molecule has 4 rings (SSSR count). The summed E-state index contributed by atoms with van der Waals surface area (Å²) in [6, 6.07) is 5.01. The molecule has 3 aliphatic rings. The van der Waals surface area contributed by atoms with E-state index in [1.807, 2.05) is 6.07 Å². The Hall–Kier alpha value is -1.84. The number of methoxy groups -OCH3 is 1. The number of pyridine rings is 1. The lowest BCUT2D eigenvalue weighted by atomic mass is 9.72. The Labute approximate surface area is 149 Å². The predicted octanol–water partition coefficient (Wildman–Crippen LogP) is 1.63. The molecule has 4 heterocycles. The zero-order valence-electron chi connectivity index (χ0n) is 14.8. The SMILES string of the molecule is COc1nccc(N2C[C@H]3C[C@@H](C2)[C@H](CO)N2CCCC[C@@H]32)c1C#N. The third-order valence-corrected chi connectivity index (χ3v) is 6.35. The summed E-state index contributed by atoms with van der Waals surface area (Å²) in [5.74, 6) is 1.45. The van der Waals surface area contributed by atoms with Crippen molar-refractivity contribution in [3.8, 4) is 11.9 Å². The fourth-order valence-corrected chi connectivity index (χ4v) is 5.31. The van der Waals surface area contributed by atoms with Crippen LogP contribution in [0.3, 0.4) is 0 Å². The van der Waals surface area contributed by atoms with Crippen molar-refractivity contribution in [2.24, 2.45) is 11.8 Å². The Morgan fingerprint density at radius 1 is 1.36 bits per heavy atom. The smallest absolute Gasteiger partial charge is 0.233 e. The summed E-state index contributed by atoms with van der Waals surface area (Å²) in [5, 5.41) is 19.6. The van der Waals surface area contributed by atoms with E-state index in [0.29, 0.717) is 29.3 Å². The molecule has 0 spiro atoms. The van der Waals surface area contributed by atoms with Crippen LogP contribution in [0.5, 0.6) is 5.88 Å². The quantitative estimate of drug-likeness (QED) is 0.900. The number of rotatable bonds is 3. The molecule has 0 saturated carbocycles. The molecular formula is C19H26N4O2. The lowest BCUT2D eigenvalue weighted by Gasteiger charge is -2.56. The molecule has 4 atom stereocenters. The van der Waals surface area contributed by atoms with Crippen molar-refractivity contribution in [2.45, 2.75) is 37.8 Å². The van der Waals surface area contributed by atoms with Gasteiger partial charge in [-0.3, -0.25) is 4.90 Å². The zero-order valence-corrected chi connectivity index (χ0v) is 14.8. The standard InChI is InChI=1S/C19H26N4O2/c1-25-19-15(9-20)17(5-6-21-19)22-10-13-8-14(11-22)18(12-24)23-7-3-2-4-16(13)23/h5-6,13-14,16,18,24H,2-4,7-8,10-12H2,1H3/t13-,14+,16+,18+/m1/s1. The van der Waals surface area contributed by atoms with Gasteiger partial charge in [-0.05, 0) is 43.7 Å². The van der Waals surface area contributed by atoms with Crippen molar-refractivity contribution in [3.05, 3.63) is 17.8 Å². The van der Waals surface area contributed by atoms with Crippen molar-refractivity contribution < 1.29 is 9.84 Å². The lowest BCUT2D eigenvalue weighted by molar-refractivity contribution is -0.0517. The van der Waals surface area contributed by atoms with E-state index < -0.39 is 0 Å². The van der Waals surface area contributed by atoms with Crippen molar-refractivity contribution in [1.29, 1.82) is 5.26 Å². The molecule has 134 valence electrons. The Bertz CT molecular complexity index is 660. The number of hydrogen-bond acceptors (Lipinski definition) is 6. The van der Waals surface area contributed by atoms with E-state index in [0.717, 1.165) is 25.3 Å². The summed E-state index contributed by atoms with van der Waals surface area (Å²) in [5.41, 5.74) is 1.44. The predicted molar refractivity (Wildman–Crippen MR) is 94.5 cm³/mol. The summed E-state index contributed by atoms with van der Waals surface area (Å²) in [6.07, 6.45) is 6.67. The molecule has 3 saturated heterocycles. The van der Waals surface area contributed by atoms with Crippen LogP contribution in [-0.2, 0) is 0 Å². The highest BCUT2D eigenvalue weighted by Crippen LogP contribution is 2.42. The van der Waals surface area contributed by atoms with E-state index in [1.165, 1.54) is 25.7 Å². The highest BCUT2D eigenvalue weighted by atomic mass is 16.5. The number of nitriles is 1. The zero-order chi connectivity index (χ0) is 17.4. The van der Waals surface area contributed by atoms with Gasteiger partial charge in [0.15, 0.2) is 0 Å². The van der Waals surface area contributed by atoms with Crippen molar-refractivity contribution in [1.82, 2.24) is 9.88 Å². The normalized spacial score (nSPS) is 32.0. The first-order valence-corrected chi connectivity index (χ1v) is 9.31. The maximum Gasteiger partial charge on any atom is 0.233 e. The van der Waals surface area contributed by atoms with E-state index in [2.05, 4.69) is 20.9 Å². The maximum absolute atomic E-state index is 10.0. The first kappa shape index (κ1) is 16.6. The second-order valence-corrected chi connectivity index (χ2v) is 7.54. The first-order chi connectivity index (χ1) is 12.3. The van der Waals surface area contributed by atoms with Crippen molar-refractivity contribution in [2.75, 3.05) is 38.3 Å². The minimum absolute atomic E-state index is 0.229. The molecule has 1 aromatic rings. The molecule has 2 bridgehead atoms. The maximum atomic E-state index is 10.0. The van der Waals surface area contributed by atoms with Gasteiger partial charge in [0.05, 0.1) is 19.4 Å². The van der Waals surface area contributed by atoms with Crippen LogP contribution in [0.2, 0.25) is 0 Å². The molecule has 0 radical (unpaired) electrons. The Morgan fingerprint density at radius 2 is 2.20 bits per heavy atom. The van der Waals surface area contributed by atoms with Crippen LogP contribution in [0, 0.1) is 23.2 Å². The monoisotopic (exact) mass is 342 g/mol. The highest BCUT2D eigenvalue weighted by Gasteiger charge is 2.47. The second-order valence-electron chi connectivity index (χ2n) is 7.54. The van der Waals surface area contributed by atoms with Gasteiger partial charge in [-0.25, -0.2) is 4.98 Å². The summed E-state index contributed by atoms with van der Waals surface area (Å²) in [4.78, 5) is 9.08. The Kier molecular flexibility index (Phi) is 4.53. The third-order valence-electron chi connectivity index (χ3n) is 6.35. The van der Waals surface area contributed by atoms with Crippen LogP contribution < -0.4 is 9.64 Å². The molecule has 6 heteroatoms. The van der Waals surface area contributed by atoms with E-state index in [1.54, 1.807) is 13.3 Å². The largest absolute Gasteiger partial charge is 0.480 e. The Morgan fingerprint density at radius 3 is 2.96 bits per heavy atom. The van der Waals surface area contributed by atoms with Gasteiger partial charge in [0, 0.05) is 31.4 Å². The molecule has 0 unspecified atom stereocenters. The number of fused-ring (bicyclic) bond motifs is 4. The summed E-state index contributed by atoms with van der Waals surface area (Å²) in [7, 11) is 1.56. The van der Waals surface area contributed by atoms with Crippen LogP contribution in [-0.4, -0.2) is 60.4 Å². The number of anilines is 1. The summed E-state index contributed by atoms with van der Waals surface area (Å²) in [6.45, 7) is 3.20. The second kappa shape index (κ2) is 6.81. The van der Waals surface area contributed by atoms with Gasteiger partial charge in [-0.1, -0.05) is 6.42 Å². The number of hydrogen-bond donors (Lipinski definition) is 1. The number of piperidine rings is 3. The van der Waals surface area contributed by atoms with Gasteiger partial charge in [0.1, 0.15) is 11.6 Å². The topological polar surface area (TPSA) is 72.6 Å². The van der Waals surface area contributed by atoms with Crippen LogP contribution in [0.4, 0.5) is 5.69 Å². The van der Waals surface area contributed by atoms with Gasteiger partial charge >= 0.3 is 0 Å². The van der Waals surface area contributed by atoms with E-state index >= 15 is 0 Å². The minimum Gasteiger partial charge on any atom is -0.480 e. The van der Waals surface area contributed by atoms with Gasteiger partial charge in [0.25, 0.3) is 0 Å². The average molecular weight is 342 g/mol. The van der Waals surface area contributed by atoms with Gasteiger partial charge in [-0.15, -0.1) is 0 Å². The number of aliphatic hydroxyl groups excluding tert-OH is 1. The Balaban J connectivity index is 1.66. The molecule has 3 aliphatic heterocycles. The van der Waals surface area contributed by atoms with Crippen molar-refractivity contribution in [3.63, 3.8) is 0 Å². The lowest BCUT2D eigenvalue weighted by Crippen LogP contribution is -2.64. The van der Waals surface area contributed by atoms with Gasteiger partial charge in [-0.2, -0.15) is 5.26 Å². The van der Waals surface area contributed by atoms with Crippen LogP contribution in [0.25, 0.3) is 0 Å². The third kappa shape index (κ3) is 2.76. The fraction of sp³-hybridized carbons (Fsp3) is 0.684. The molecule has 0 aromatic carbocycles. The van der Waals surface area contributed by atoms with Gasteiger partial charge in [0.2, 0.25) is 5.88 Å². The molecule has 25 heavy (non-hydrogen) atoms. The van der Waals surface area contributed by atoms with Crippen LogP contribution in [0.15, 0.2) is 12.3 Å². The number of aliphatic hydroxyl groups is 1. The summed E-state index contributed by atoms with van der Waals surface area (Å²) < 4.78 is 5.28. The molecule has 6 nitrogen and oxygen atoms in total. The first-order valence-electron chi connectivity index (χ1n) is 9.31.